The number of carbonyl (C=O) groups is 1. The molecule has 1 amide bonds. The second kappa shape index (κ2) is 5.23. The van der Waals surface area contributed by atoms with Crippen molar-refractivity contribution in [2.75, 3.05) is 6.54 Å². The molecule has 8 nitrogen and oxygen atoms in total. The van der Waals surface area contributed by atoms with E-state index in [9.17, 15) is 4.79 Å². The average Bonchev–Trinajstić information content (AvgIpc) is 3.17. The number of hydrogen-bond acceptors (Lipinski definition) is 5. The zero-order chi connectivity index (χ0) is 14.9. The molecule has 3 N–H and O–H groups in total. The molecule has 0 atom stereocenters. The number of hydrogen-bond donors (Lipinski definition) is 3. The molecule has 0 spiro atoms. The van der Waals surface area contributed by atoms with Crippen LogP contribution in [0.5, 0.6) is 0 Å². The summed E-state index contributed by atoms with van der Waals surface area (Å²) in [4.78, 5) is 12.3. The Balaban J connectivity index is 1.52. The van der Waals surface area contributed by atoms with Crippen molar-refractivity contribution in [1.29, 1.82) is 0 Å². The van der Waals surface area contributed by atoms with E-state index in [-0.39, 0.29) is 5.91 Å². The monoisotopic (exact) mass is 297 g/mol. The van der Waals surface area contributed by atoms with Crippen LogP contribution < -0.4 is 10.6 Å². The molecule has 0 aliphatic carbocycles. The summed E-state index contributed by atoms with van der Waals surface area (Å²) in [6.07, 6.45) is 2.74. The lowest BCUT2D eigenvalue weighted by atomic mass is 10.1. The van der Waals surface area contributed by atoms with Crippen LogP contribution in [0.3, 0.4) is 0 Å². The molecule has 112 valence electrons. The first kappa shape index (κ1) is 13.0. The lowest BCUT2D eigenvalue weighted by Gasteiger charge is -2.12. The lowest BCUT2D eigenvalue weighted by molar-refractivity contribution is 0.0943. The van der Waals surface area contributed by atoms with Crippen molar-refractivity contribution >= 4 is 11.6 Å². The van der Waals surface area contributed by atoms with Gasteiger partial charge in [-0.15, -0.1) is 10.2 Å². The summed E-state index contributed by atoms with van der Waals surface area (Å²) in [6.45, 7) is 1.88. The van der Waals surface area contributed by atoms with E-state index < -0.39 is 0 Å². The summed E-state index contributed by atoms with van der Waals surface area (Å²) >= 11 is 0. The summed E-state index contributed by atoms with van der Waals surface area (Å²) in [5, 5.41) is 21.3. The molecule has 4 rings (SSSR count). The van der Waals surface area contributed by atoms with E-state index in [2.05, 4.69) is 31.0 Å². The first-order chi connectivity index (χ1) is 10.8. The molecule has 22 heavy (non-hydrogen) atoms. The Hall–Kier alpha value is -2.74. The van der Waals surface area contributed by atoms with E-state index in [1.165, 1.54) is 0 Å². The lowest BCUT2D eigenvalue weighted by Crippen LogP contribution is -2.28. The van der Waals surface area contributed by atoms with Gasteiger partial charge in [0, 0.05) is 37.0 Å². The van der Waals surface area contributed by atoms with Gasteiger partial charge in [0.15, 0.2) is 17.2 Å². The number of fused-ring (bicyclic) bond motifs is 2. The Morgan fingerprint density at radius 3 is 3.27 bits per heavy atom. The maximum absolute atomic E-state index is 12.3. The largest absolute Gasteiger partial charge is 0.343 e. The minimum Gasteiger partial charge on any atom is -0.343 e. The molecule has 1 aliphatic rings. The highest BCUT2D eigenvalue weighted by atomic mass is 16.1. The van der Waals surface area contributed by atoms with Crippen molar-refractivity contribution in [2.45, 2.75) is 19.5 Å². The number of aromatic nitrogens is 5. The Morgan fingerprint density at radius 1 is 1.36 bits per heavy atom. The van der Waals surface area contributed by atoms with Crippen LogP contribution in [0.4, 0.5) is 0 Å². The Labute approximate surface area is 125 Å². The van der Waals surface area contributed by atoms with Crippen LogP contribution in [0.25, 0.3) is 5.65 Å². The third-order valence-corrected chi connectivity index (χ3v) is 3.81. The molecule has 0 saturated heterocycles. The van der Waals surface area contributed by atoms with Crippen LogP contribution in [0.1, 0.15) is 27.6 Å². The van der Waals surface area contributed by atoms with Crippen LogP contribution in [0.2, 0.25) is 0 Å². The normalized spacial score (nSPS) is 14.0. The molecular weight excluding hydrogens is 282 g/mol. The molecule has 0 aromatic carbocycles. The van der Waals surface area contributed by atoms with Gasteiger partial charge in [0.1, 0.15) is 0 Å². The van der Waals surface area contributed by atoms with Crippen LogP contribution in [-0.2, 0) is 19.5 Å². The summed E-state index contributed by atoms with van der Waals surface area (Å²) in [5.41, 5.74) is 3.20. The Bertz CT molecular complexity index is 835. The van der Waals surface area contributed by atoms with E-state index in [4.69, 9.17) is 0 Å². The zero-order valence-electron chi connectivity index (χ0n) is 11.8. The van der Waals surface area contributed by atoms with Crippen molar-refractivity contribution in [2.24, 2.45) is 0 Å². The van der Waals surface area contributed by atoms with E-state index >= 15 is 0 Å². The summed E-state index contributed by atoms with van der Waals surface area (Å²) in [7, 11) is 0. The fraction of sp³-hybridized carbons (Fsp3) is 0.286. The summed E-state index contributed by atoms with van der Waals surface area (Å²) < 4.78 is 1.85. The fourth-order valence-corrected chi connectivity index (χ4v) is 2.67. The molecule has 4 heterocycles. The van der Waals surface area contributed by atoms with Gasteiger partial charge in [-0.05, 0) is 12.1 Å². The number of nitrogens with one attached hydrogen (secondary N) is 3. The number of aromatic amines is 1. The van der Waals surface area contributed by atoms with E-state index in [1.54, 1.807) is 0 Å². The quantitative estimate of drug-likeness (QED) is 0.633. The molecule has 0 saturated carbocycles. The first-order valence-electron chi connectivity index (χ1n) is 7.16. The number of amides is 1. The van der Waals surface area contributed by atoms with Gasteiger partial charge in [-0.2, -0.15) is 5.10 Å². The van der Waals surface area contributed by atoms with Crippen molar-refractivity contribution in [1.82, 2.24) is 35.4 Å². The topological polar surface area (TPSA) is 100 Å². The molecular formula is C14H15N7O. The highest BCUT2D eigenvalue weighted by Gasteiger charge is 2.21. The van der Waals surface area contributed by atoms with E-state index in [0.717, 1.165) is 29.9 Å². The molecule has 8 heteroatoms. The minimum atomic E-state index is -0.200. The predicted octanol–water partition coefficient (Wildman–Crippen LogP) is 0.0281. The molecule has 1 aliphatic heterocycles. The highest BCUT2D eigenvalue weighted by molar-refractivity contribution is 5.93. The predicted molar refractivity (Wildman–Crippen MR) is 78.2 cm³/mol. The van der Waals surface area contributed by atoms with Gasteiger partial charge in [-0.3, -0.25) is 14.3 Å². The molecule has 3 aromatic heterocycles. The van der Waals surface area contributed by atoms with E-state index in [0.29, 0.717) is 24.6 Å². The Morgan fingerprint density at radius 2 is 2.32 bits per heavy atom. The maximum Gasteiger partial charge on any atom is 0.272 e. The van der Waals surface area contributed by atoms with Gasteiger partial charge in [0.25, 0.3) is 5.91 Å². The van der Waals surface area contributed by atoms with E-state index in [1.807, 2.05) is 28.8 Å². The molecule has 0 radical (unpaired) electrons. The van der Waals surface area contributed by atoms with Gasteiger partial charge in [0.05, 0.1) is 6.54 Å². The number of H-pyrrole nitrogens is 1. The molecule has 0 bridgehead atoms. The molecule has 3 aromatic rings. The van der Waals surface area contributed by atoms with Gasteiger partial charge in [-0.1, -0.05) is 6.07 Å². The SMILES string of the molecule is O=C(NCc1nnc2ccccn12)c1n[nH]c2c1CNCC2. The highest BCUT2D eigenvalue weighted by Crippen LogP contribution is 2.15. The van der Waals surface area contributed by atoms with Crippen LogP contribution >= 0.6 is 0 Å². The average molecular weight is 297 g/mol. The van der Waals surface area contributed by atoms with Crippen molar-refractivity contribution in [3.8, 4) is 0 Å². The number of pyridine rings is 1. The zero-order valence-corrected chi connectivity index (χ0v) is 11.8. The first-order valence-corrected chi connectivity index (χ1v) is 7.16. The van der Waals surface area contributed by atoms with Crippen molar-refractivity contribution in [3.63, 3.8) is 0 Å². The second-order valence-electron chi connectivity index (χ2n) is 5.18. The van der Waals surface area contributed by atoms with Crippen LogP contribution in [-0.4, -0.2) is 37.2 Å². The third-order valence-electron chi connectivity index (χ3n) is 3.81. The van der Waals surface area contributed by atoms with Gasteiger partial charge >= 0.3 is 0 Å². The van der Waals surface area contributed by atoms with Gasteiger partial charge in [0.2, 0.25) is 0 Å². The maximum atomic E-state index is 12.3. The van der Waals surface area contributed by atoms with Gasteiger partial charge < -0.3 is 10.6 Å². The Kier molecular flexibility index (Phi) is 3.08. The number of carbonyl (C=O) groups excluding carboxylic acids is 1. The number of rotatable bonds is 3. The summed E-state index contributed by atoms with van der Waals surface area (Å²) in [5.74, 6) is 0.486. The molecule has 0 fully saturated rings. The van der Waals surface area contributed by atoms with Crippen LogP contribution in [0, 0.1) is 0 Å². The standard InChI is InChI=1S/C14H15N7O/c22-14(13-9-7-15-5-4-10(9)17-20-13)16-8-12-19-18-11-3-1-2-6-21(11)12/h1-3,6,15H,4-5,7-8H2,(H,16,22)(H,17,20). The summed E-state index contributed by atoms with van der Waals surface area (Å²) in [6, 6.07) is 5.67. The van der Waals surface area contributed by atoms with Crippen LogP contribution in [0.15, 0.2) is 24.4 Å². The third kappa shape index (κ3) is 2.13. The van der Waals surface area contributed by atoms with Crippen molar-refractivity contribution < 1.29 is 4.79 Å². The van der Waals surface area contributed by atoms with Crippen molar-refractivity contribution in [3.05, 3.63) is 47.2 Å². The molecule has 0 unspecified atom stereocenters. The second-order valence-corrected chi connectivity index (χ2v) is 5.18. The van der Waals surface area contributed by atoms with Gasteiger partial charge in [-0.25, -0.2) is 0 Å². The smallest absolute Gasteiger partial charge is 0.272 e. The number of nitrogens with zero attached hydrogens (tertiary/aromatic N) is 4. The minimum absolute atomic E-state index is 0.200. The fourth-order valence-electron chi connectivity index (χ4n) is 2.67.